The van der Waals surface area contributed by atoms with Gasteiger partial charge in [0.2, 0.25) is 10.0 Å². The second kappa shape index (κ2) is 7.75. The van der Waals surface area contributed by atoms with Gasteiger partial charge in [-0.1, -0.05) is 36.8 Å². The largest absolute Gasteiger partial charge is 0.387 e. The molecule has 1 unspecified atom stereocenters. The second-order valence-electron chi connectivity index (χ2n) is 6.42. The number of aliphatic hydroxyl groups excluding tert-OH is 1. The lowest BCUT2D eigenvalue weighted by atomic mass is 10.0. The van der Waals surface area contributed by atoms with Crippen molar-refractivity contribution in [2.45, 2.75) is 38.8 Å². The summed E-state index contributed by atoms with van der Waals surface area (Å²) in [7, 11) is -3.14. The minimum atomic E-state index is -3.14. The molecule has 1 atom stereocenters. The number of likely N-dealkylation sites (tertiary alicyclic amines) is 1. The third-order valence-corrected chi connectivity index (χ3v) is 6.00. The molecule has 2 rings (SSSR count). The van der Waals surface area contributed by atoms with E-state index in [1.54, 1.807) is 4.31 Å². The van der Waals surface area contributed by atoms with Crippen molar-refractivity contribution in [1.82, 2.24) is 9.21 Å². The van der Waals surface area contributed by atoms with E-state index < -0.39 is 16.1 Å². The standard InChI is InChI=1S/C17H28N2O3S/c1-4-19(23(3,21)22)16-9-11-18(12-10-16)13-17(20)15-7-5-14(2)6-8-15/h5-8,16-17,20H,4,9-13H2,1-3H3. The molecule has 130 valence electrons. The maximum atomic E-state index is 11.8. The smallest absolute Gasteiger partial charge is 0.211 e. The third kappa shape index (κ3) is 5.01. The number of rotatable bonds is 6. The predicted molar refractivity (Wildman–Crippen MR) is 92.8 cm³/mol. The van der Waals surface area contributed by atoms with Crippen LogP contribution in [0.1, 0.15) is 37.0 Å². The van der Waals surface area contributed by atoms with Crippen LogP contribution in [0.5, 0.6) is 0 Å². The molecule has 0 bridgehead atoms. The first-order valence-electron chi connectivity index (χ1n) is 8.25. The van der Waals surface area contributed by atoms with E-state index in [1.807, 2.05) is 38.1 Å². The topological polar surface area (TPSA) is 60.9 Å². The lowest BCUT2D eigenvalue weighted by Gasteiger charge is -2.37. The molecule has 5 nitrogen and oxygen atoms in total. The molecule has 1 aromatic carbocycles. The van der Waals surface area contributed by atoms with Gasteiger partial charge in [0.25, 0.3) is 0 Å². The molecule has 1 aliphatic rings. The van der Waals surface area contributed by atoms with Crippen LogP contribution in [0.25, 0.3) is 0 Å². The van der Waals surface area contributed by atoms with Crippen molar-refractivity contribution in [3.8, 4) is 0 Å². The zero-order chi connectivity index (χ0) is 17.0. The molecular weight excluding hydrogens is 312 g/mol. The molecule has 1 aromatic rings. The van der Waals surface area contributed by atoms with Crippen molar-refractivity contribution in [2.75, 3.05) is 32.4 Å². The highest BCUT2D eigenvalue weighted by molar-refractivity contribution is 7.88. The zero-order valence-electron chi connectivity index (χ0n) is 14.3. The summed E-state index contributed by atoms with van der Waals surface area (Å²) in [6.45, 7) is 6.67. The average molecular weight is 340 g/mol. The summed E-state index contributed by atoms with van der Waals surface area (Å²) in [6.07, 6.45) is 2.43. The predicted octanol–water partition coefficient (Wildman–Crippen LogP) is 1.77. The Morgan fingerprint density at radius 1 is 1.26 bits per heavy atom. The highest BCUT2D eigenvalue weighted by Gasteiger charge is 2.29. The molecule has 0 aliphatic carbocycles. The van der Waals surface area contributed by atoms with E-state index in [4.69, 9.17) is 0 Å². The lowest BCUT2D eigenvalue weighted by Crippen LogP contribution is -2.47. The average Bonchev–Trinajstić information content (AvgIpc) is 2.49. The van der Waals surface area contributed by atoms with Gasteiger partial charge in [0, 0.05) is 19.1 Å². The van der Waals surface area contributed by atoms with Gasteiger partial charge in [0.1, 0.15) is 0 Å². The Bertz CT molecular complexity index is 593. The van der Waals surface area contributed by atoms with Gasteiger partial charge in [-0.2, -0.15) is 4.31 Å². The SMILES string of the molecule is CCN(C1CCN(CC(O)c2ccc(C)cc2)CC1)S(C)(=O)=O. The number of hydrogen-bond acceptors (Lipinski definition) is 4. The van der Waals surface area contributed by atoms with Gasteiger partial charge in [-0.05, 0) is 38.4 Å². The van der Waals surface area contributed by atoms with E-state index in [9.17, 15) is 13.5 Å². The van der Waals surface area contributed by atoms with Crippen molar-refractivity contribution in [2.24, 2.45) is 0 Å². The molecule has 1 aliphatic heterocycles. The van der Waals surface area contributed by atoms with Crippen LogP contribution in [-0.4, -0.2) is 61.2 Å². The Balaban J connectivity index is 1.88. The number of aryl methyl sites for hydroxylation is 1. The van der Waals surface area contributed by atoms with Gasteiger partial charge in [-0.15, -0.1) is 0 Å². The highest BCUT2D eigenvalue weighted by atomic mass is 32.2. The molecule has 0 amide bonds. The Kier molecular flexibility index (Phi) is 6.19. The zero-order valence-corrected chi connectivity index (χ0v) is 15.1. The molecule has 1 saturated heterocycles. The maximum Gasteiger partial charge on any atom is 0.211 e. The number of aliphatic hydroxyl groups is 1. The van der Waals surface area contributed by atoms with Crippen LogP contribution < -0.4 is 0 Å². The van der Waals surface area contributed by atoms with E-state index in [2.05, 4.69) is 4.90 Å². The van der Waals surface area contributed by atoms with E-state index >= 15 is 0 Å². The normalized spacial score (nSPS) is 19.2. The number of sulfonamides is 1. The molecule has 1 N–H and O–H groups in total. The minimum Gasteiger partial charge on any atom is -0.387 e. The van der Waals surface area contributed by atoms with Gasteiger partial charge < -0.3 is 10.0 Å². The van der Waals surface area contributed by atoms with Crippen LogP contribution in [0, 0.1) is 6.92 Å². The first-order chi connectivity index (χ1) is 10.8. The number of nitrogens with zero attached hydrogens (tertiary/aromatic N) is 2. The van der Waals surface area contributed by atoms with E-state index in [1.165, 1.54) is 11.8 Å². The van der Waals surface area contributed by atoms with Gasteiger partial charge in [0.05, 0.1) is 12.4 Å². The maximum absolute atomic E-state index is 11.8. The van der Waals surface area contributed by atoms with Gasteiger partial charge in [-0.25, -0.2) is 8.42 Å². The van der Waals surface area contributed by atoms with Gasteiger partial charge in [-0.3, -0.25) is 0 Å². The summed E-state index contributed by atoms with van der Waals surface area (Å²) in [5, 5.41) is 10.4. The number of benzene rings is 1. The van der Waals surface area contributed by atoms with Crippen LogP contribution in [0.15, 0.2) is 24.3 Å². The Morgan fingerprint density at radius 2 is 1.83 bits per heavy atom. The number of β-amino-alcohol motifs (C(OH)–C–C–N with tert-alkyl or cyclic N) is 1. The van der Waals surface area contributed by atoms with Crippen molar-refractivity contribution >= 4 is 10.0 Å². The summed E-state index contributed by atoms with van der Waals surface area (Å²) in [4.78, 5) is 2.22. The fourth-order valence-corrected chi connectivity index (χ4v) is 4.51. The minimum absolute atomic E-state index is 0.0859. The fourth-order valence-electron chi connectivity index (χ4n) is 3.29. The second-order valence-corrected chi connectivity index (χ2v) is 8.36. The molecule has 1 fully saturated rings. The van der Waals surface area contributed by atoms with Gasteiger partial charge in [0.15, 0.2) is 0 Å². The lowest BCUT2D eigenvalue weighted by molar-refractivity contribution is 0.0850. The molecule has 6 heteroatoms. The third-order valence-electron chi connectivity index (χ3n) is 4.60. The van der Waals surface area contributed by atoms with Gasteiger partial charge >= 0.3 is 0 Å². The van der Waals surface area contributed by atoms with Crippen LogP contribution in [-0.2, 0) is 10.0 Å². The Morgan fingerprint density at radius 3 is 2.30 bits per heavy atom. The molecule has 0 radical (unpaired) electrons. The molecule has 0 spiro atoms. The van der Waals surface area contributed by atoms with E-state index in [0.29, 0.717) is 13.1 Å². The van der Waals surface area contributed by atoms with Crippen molar-refractivity contribution in [3.63, 3.8) is 0 Å². The quantitative estimate of drug-likeness (QED) is 0.857. The van der Waals surface area contributed by atoms with Crippen LogP contribution in [0.2, 0.25) is 0 Å². The summed E-state index contributed by atoms with van der Waals surface area (Å²) >= 11 is 0. The molecule has 0 saturated carbocycles. The molecule has 0 aromatic heterocycles. The number of hydrogen-bond donors (Lipinski definition) is 1. The Labute approximate surface area is 140 Å². The number of piperidine rings is 1. The highest BCUT2D eigenvalue weighted by Crippen LogP contribution is 2.22. The van der Waals surface area contributed by atoms with Crippen LogP contribution in [0.4, 0.5) is 0 Å². The summed E-state index contributed by atoms with van der Waals surface area (Å²) in [6, 6.07) is 8.04. The summed E-state index contributed by atoms with van der Waals surface area (Å²) in [5.74, 6) is 0. The van der Waals surface area contributed by atoms with Crippen molar-refractivity contribution < 1.29 is 13.5 Å². The van der Waals surface area contributed by atoms with Crippen molar-refractivity contribution in [1.29, 1.82) is 0 Å². The fraction of sp³-hybridized carbons (Fsp3) is 0.647. The first kappa shape index (κ1) is 18.4. The monoisotopic (exact) mass is 340 g/mol. The molecule has 23 heavy (non-hydrogen) atoms. The van der Waals surface area contributed by atoms with E-state index in [0.717, 1.165) is 31.5 Å². The molecular formula is C17H28N2O3S. The van der Waals surface area contributed by atoms with Crippen LogP contribution in [0.3, 0.4) is 0 Å². The van der Waals surface area contributed by atoms with E-state index in [-0.39, 0.29) is 6.04 Å². The first-order valence-corrected chi connectivity index (χ1v) is 10.1. The van der Waals surface area contributed by atoms with Crippen molar-refractivity contribution in [3.05, 3.63) is 35.4 Å². The molecule has 1 heterocycles. The summed E-state index contributed by atoms with van der Waals surface area (Å²) < 4.78 is 25.2. The van der Waals surface area contributed by atoms with Crippen LogP contribution >= 0.6 is 0 Å². The summed E-state index contributed by atoms with van der Waals surface area (Å²) in [5.41, 5.74) is 2.12. The Hall–Kier alpha value is -0.950.